The van der Waals surface area contributed by atoms with Crippen molar-refractivity contribution in [3.63, 3.8) is 0 Å². The van der Waals surface area contributed by atoms with Gasteiger partial charge in [-0.1, -0.05) is 0 Å². The van der Waals surface area contributed by atoms with Gasteiger partial charge in [0.2, 0.25) is 11.8 Å². The van der Waals surface area contributed by atoms with Gasteiger partial charge in [0.15, 0.2) is 0 Å². The SMILES string of the molecule is Cc1c(CN2C[C@@H]3CC[C@H](C2)N(CC(=O)N(C)C)C3=O)cc(C#N)n1C. The summed E-state index contributed by atoms with van der Waals surface area (Å²) in [5.74, 6) is 0.0413. The highest BCUT2D eigenvalue weighted by Crippen LogP contribution is 2.30. The van der Waals surface area contributed by atoms with Gasteiger partial charge in [-0.3, -0.25) is 14.5 Å². The van der Waals surface area contributed by atoms with Gasteiger partial charge in [-0.05, 0) is 31.4 Å². The Morgan fingerprint density at radius 2 is 2.08 bits per heavy atom. The van der Waals surface area contributed by atoms with Crippen molar-refractivity contribution in [2.75, 3.05) is 33.7 Å². The molecule has 1 aromatic heterocycles. The zero-order chi connectivity index (χ0) is 19.0. The smallest absolute Gasteiger partial charge is 0.241 e. The van der Waals surface area contributed by atoms with Crippen molar-refractivity contribution in [2.24, 2.45) is 13.0 Å². The Hall–Kier alpha value is -2.33. The molecule has 0 radical (unpaired) electrons. The van der Waals surface area contributed by atoms with E-state index in [1.54, 1.807) is 23.9 Å². The van der Waals surface area contributed by atoms with E-state index < -0.39 is 0 Å². The quantitative estimate of drug-likeness (QED) is 0.796. The van der Waals surface area contributed by atoms with E-state index in [9.17, 15) is 14.9 Å². The molecule has 3 aliphatic heterocycles. The minimum absolute atomic E-state index is 0.0324. The first kappa shape index (κ1) is 18.5. The second-order valence-electron chi connectivity index (χ2n) is 7.69. The predicted molar refractivity (Wildman–Crippen MR) is 97.1 cm³/mol. The van der Waals surface area contributed by atoms with Gasteiger partial charge in [-0.25, -0.2) is 0 Å². The molecule has 0 aromatic carbocycles. The van der Waals surface area contributed by atoms with Crippen LogP contribution in [0, 0.1) is 24.2 Å². The van der Waals surface area contributed by atoms with Crippen LogP contribution in [0.25, 0.3) is 0 Å². The summed E-state index contributed by atoms with van der Waals surface area (Å²) in [5, 5.41) is 9.23. The van der Waals surface area contributed by atoms with Gasteiger partial charge in [0.1, 0.15) is 18.3 Å². The van der Waals surface area contributed by atoms with Crippen LogP contribution >= 0.6 is 0 Å². The largest absolute Gasteiger partial charge is 0.347 e. The van der Waals surface area contributed by atoms with E-state index in [0.717, 1.165) is 43.7 Å². The number of aromatic nitrogens is 1. The minimum atomic E-state index is -0.0387. The van der Waals surface area contributed by atoms with Crippen molar-refractivity contribution in [3.05, 3.63) is 23.0 Å². The highest BCUT2D eigenvalue weighted by molar-refractivity contribution is 5.86. The average Bonchev–Trinajstić information content (AvgIpc) is 2.76. The zero-order valence-electron chi connectivity index (χ0n) is 16.0. The van der Waals surface area contributed by atoms with Gasteiger partial charge < -0.3 is 14.4 Å². The Labute approximate surface area is 154 Å². The molecule has 2 amide bonds. The van der Waals surface area contributed by atoms with Crippen LogP contribution in [0.15, 0.2) is 6.07 Å². The van der Waals surface area contributed by atoms with Crippen molar-refractivity contribution in [2.45, 2.75) is 32.4 Å². The molecule has 4 heterocycles. The van der Waals surface area contributed by atoms with Crippen LogP contribution in [-0.4, -0.2) is 70.9 Å². The van der Waals surface area contributed by atoms with Crippen LogP contribution in [0.3, 0.4) is 0 Å². The van der Waals surface area contributed by atoms with Gasteiger partial charge in [0.05, 0.1) is 5.92 Å². The molecule has 2 atom stereocenters. The van der Waals surface area contributed by atoms with E-state index in [4.69, 9.17) is 0 Å². The number of hydrogen-bond donors (Lipinski definition) is 0. The van der Waals surface area contributed by atoms with Gasteiger partial charge >= 0.3 is 0 Å². The fraction of sp³-hybridized carbons (Fsp3) is 0.632. The maximum Gasteiger partial charge on any atom is 0.241 e. The molecule has 0 unspecified atom stereocenters. The van der Waals surface area contributed by atoms with E-state index >= 15 is 0 Å². The molecule has 3 saturated heterocycles. The van der Waals surface area contributed by atoms with Crippen molar-refractivity contribution < 1.29 is 9.59 Å². The Bertz CT molecular complexity index is 761. The summed E-state index contributed by atoms with van der Waals surface area (Å²) in [5.41, 5.74) is 2.88. The maximum atomic E-state index is 12.8. The molecule has 4 rings (SSSR count). The van der Waals surface area contributed by atoms with Crippen LogP contribution < -0.4 is 0 Å². The molecule has 0 aliphatic carbocycles. The summed E-state index contributed by atoms with van der Waals surface area (Å²) in [7, 11) is 5.35. The Balaban J connectivity index is 1.76. The van der Waals surface area contributed by atoms with E-state index in [1.165, 1.54) is 0 Å². The zero-order valence-corrected chi connectivity index (χ0v) is 16.0. The van der Waals surface area contributed by atoms with Crippen molar-refractivity contribution in [1.82, 2.24) is 19.3 Å². The molecule has 7 nitrogen and oxygen atoms in total. The van der Waals surface area contributed by atoms with Crippen molar-refractivity contribution >= 4 is 11.8 Å². The molecular formula is C19H27N5O2. The molecule has 26 heavy (non-hydrogen) atoms. The lowest BCUT2D eigenvalue weighted by atomic mass is 9.94. The molecule has 0 saturated carbocycles. The van der Waals surface area contributed by atoms with Crippen molar-refractivity contribution in [1.29, 1.82) is 5.26 Å². The summed E-state index contributed by atoms with van der Waals surface area (Å²) in [6, 6.07) is 4.25. The van der Waals surface area contributed by atoms with E-state index in [1.807, 2.05) is 24.6 Å². The fourth-order valence-corrected chi connectivity index (χ4v) is 4.02. The summed E-state index contributed by atoms with van der Waals surface area (Å²) in [4.78, 5) is 30.6. The van der Waals surface area contributed by atoms with Gasteiger partial charge in [0.25, 0.3) is 0 Å². The minimum Gasteiger partial charge on any atom is -0.347 e. The van der Waals surface area contributed by atoms with Crippen molar-refractivity contribution in [3.8, 4) is 6.07 Å². The van der Waals surface area contributed by atoms with E-state index in [0.29, 0.717) is 5.69 Å². The summed E-state index contributed by atoms with van der Waals surface area (Å²) >= 11 is 0. The van der Waals surface area contributed by atoms with Crippen LogP contribution in [0.2, 0.25) is 0 Å². The number of fused-ring (bicyclic) bond motifs is 4. The van der Waals surface area contributed by atoms with Crippen LogP contribution in [0.5, 0.6) is 0 Å². The molecule has 3 fully saturated rings. The number of amides is 2. The third kappa shape index (κ3) is 3.34. The molecule has 7 heteroatoms. The van der Waals surface area contributed by atoms with Crippen LogP contribution in [-0.2, 0) is 23.2 Å². The fourth-order valence-electron chi connectivity index (χ4n) is 4.02. The highest BCUT2D eigenvalue weighted by atomic mass is 16.2. The number of piperidine rings is 1. The first-order valence-electron chi connectivity index (χ1n) is 9.10. The highest BCUT2D eigenvalue weighted by Gasteiger charge is 2.41. The molecular weight excluding hydrogens is 330 g/mol. The monoisotopic (exact) mass is 357 g/mol. The van der Waals surface area contributed by atoms with Gasteiger partial charge in [0, 0.05) is 52.5 Å². The van der Waals surface area contributed by atoms with E-state index in [-0.39, 0.29) is 30.3 Å². The first-order chi connectivity index (χ1) is 12.3. The average molecular weight is 357 g/mol. The Morgan fingerprint density at radius 1 is 1.35 bits per heavy atom. The number of rotatable bonds is 4. The number of likely N-dealkylation sites (N-methyl/N-ethyl adjacent to an activating group) is 1. The third-order valence-electron chi connectivity index (χ3n) is 5.82. The lowest BCUT2D eigenvalue weighted by molar-refractivity contribution is -0.145. The summed E-state index contributed by atoms with van der Waals surface area (Å²) in [6.07, 6.45) is 1.84. The molecule has 2 bridgehead atoms. The second-order valence-corrected chi connectivity index (χ2v) is 7.69. The number of carbonyl (C=O) groups excluding carboxylic acids is 2. The lowest BCUT2D eigenvalue weighted by Crippen LogP contribution is -2.51. The van der Waals surface area contributed by atoms with Crippen LogP contribution in [0.1, 0.15) is 29.8 Å². The molecule has 0 N–H and O–H groups in total. The summed E-state index contributed by atoms with van der Waals surface area (Å²) < 4.78 is 1.91. The number of nitriles is 1. The Kier molecular flexibility index (Phi) is 5.05. The lowest BCUT2D eigenvalue weighted by Gasteiger charge is -2.36. The maximum absolute atomic E-state index is 12.8. The standard InChI is InChI=1S/C19H27N5O2/c1-13-15(7-17(8-20)22(13)4)10-23-9-14-5-6-16(11-23)24(19(14)26)12-18(25)21(2)3/h7,14,16H,5-6,9-12H2,1-4H3/t14-,16+/m0/s1. The predicted octanol–water partition coefficient (Wildman–Crippen LogP) is 0.716. The first-order valence-corrected chi connectivity index (χ1v) is 9.10. The molecule has 3 aliphatic rings. The van der Waals surface area contributed by atoms with E-state index in [2.05, 4.69) is 11.0 Å². The third-order valence-corrected chi connectivity index (χ3v) is 5.82. The summed E-state index contributed by atoms with van der Waals surface area (Å²) in [6.45, 7) is 4.42. The number of nitrogens with zero attached hydrogens (tertiary/aromatic N) is 5. The number of hydrogen-bond acceptors (Lipinski definition) is 4. The van der Waals surface area contributed by atoms with Crippen LogP contribution in [0.4, 0.5) is 0 Å². The Morgan fingerprint density at radius 3 is 2.69 bits per heavy atom. The molecule has 0 spiro atoms. The topological polar surface area (TPSA) is 72.6 Å². The van der Waals surface area contributed by atoms with Gasteiger partial charge in [-0.15, -0.1) is 0 Å². The number of carbonyl (C=O) groups is 2. The normalized spacial score (nSPS) is 23.0. The van der Waals surface area contributed by atoms with Gasteiger partial charge in [-0.2, -0.15) is 5.26 Å². The molecule has 140 valence electrons. The second kappa shape index (κ2) is 7.12. The molecule has 1 aromatic rings.